The van der Waals surface area contributed by atoms with Crippen molar-refractivity contribution < 1.29 is 14.3 Å². The Hall–Kier alpha value is -3.19. The number of amides is 2. The molecule has 2 amide bonds. The number of anilines is 1. The molecule has 1 aliphatic heterocycles. The van der Waals surface area contributed by atoms with Gasteiger partial charge in [0.25, 0.3) is 5.91 Å². The van der Waals surface area contributed by atoms with Crippen LogP contribution in [0.1, 0.15) is 35.6 Å². The maximum Gasteiger partial charge on any atom is 0.267 e. The lowest BCUT2D eigenvalue weighted by atomic mass is 10.0. The van der Waals surface area contributed by atoms with Gasteiger partial charge in [-0.25, -0.2) is 5.01 Å². The second kappa shape index (κ2) is 9.75. The maximum absolute atomic E-state index is 12.9. The van der Waals surface area contributed by atoms with E-state index in [1.807, 2.05) is 75.3 Å². The molecule has 1 N–H and O–H groups in total. The highest BCUT2D eigenvalue weighted by atomic mass is 16.5. The van der Waals surface area contributed by atoms with Gasteiger partial charge < -0.3 is 15.0 Å². The number of nitrogens with one attached hydrogen (secondary N) is 1. The Labute approximate surface area is 183 Å². The molecule has 0 saturated carbocycles. The molecule has 0 spiro atoms. The molecule has 0 saturated heterocycles. The van der Waals surface area contributed by atoms with Gasteiger partial charge in [0.2, 0.25) is 5.91 Å². The SMILES string of the molecule is COc1cccc(C(CNC(=O)C2=NN(c3cc(C)ccc3C)C(=O)CC2)N(C)C)c1. The van der Waals surface area contributed by atoms with E-state index in [9.17, 15) is 9.59 Å². The van der Waals surface area contributed by atoms with E-state index in [0.29, 0.717) is 18.7 Å². The second-order valence-corrected chi connectivity index (χ2v) is 8.01. The van der Waals surface area contributed by atoms with Crippen molar-refractivity contribution in [1.82, 2.24) is 10.2 Å². The average Bonchev–Trinajstić information content (AvgIpc) is 2.76. The predicted molar refractivity (Wildman–Crippen MR) is 123 cm³/mol. The minimum Gasteiger partial charge on any atom is -0.497 e. The molecular weight excluding hydrogens is 392 g/mol. The van der Waals surface area contributed by atoms with Crippen LogP contribution in [0.25, 0.3) is 0 Å². The van der Waals surface area contributed by atoms with Crippen LogP contribution in [0.2, 0.25) is 0 Å². The van der Waals surface area contributed by atoms with Crippen LogP contribution in [0.15, 0.2) is 47.6 Å². The molecule has 0 bridgehead atoms. The fourth-order valence-corrected chi connectivity index (χ4v) is 3.59. The fraction of sp³-hybridized carbons (Fsp3) is 0.375. The van der Waals surface area contributed by atoms with Crippen molar-refractivity contribution in [2.75, 3.05) is 32.8 Å². The third-order valence-electron chi connectivity index (χ3n) is 5.45. The van der Waals surface area contributed by atoms with Crippen LogP contribution in [0.4, 0.5) is 5.69 Å². The minimum atomic E-state index is -0.252. The number of benzene rings is 2. The summed E-state index contributed by atoms with van der Waals surface area (Å²) in [6, 6.07) is 13.6. The zero-order valence-corrected chi connectivity index (χ0v) is 18.8. The van der Waals surface area contributed by atoms with Crippen molar-refractivity contribution in [1.29, 1.82) is 0 Å². The average molecular weight is 423 g/mol. The molecule has 1 heterocycles. The highest BCUT2D eigenvalue weighted by Crippen LogP contribution is 2.26. The van der Waals surface area contributed by atoms with E-state index in [0.717, 1.165) is 28.1 Å². The lowest BCUT2D eigenvalue weighted by molar-refractivity contribution is -0.119. The topological polar surface area (TPSA) is 74.2 Å². The molecule has 31 heavy (non-hydrogen) atoms. The quantitative estimate of drug-likeness (QED) is 0.744. The van der Waals surface area contributed by atoms with Gasteiger partial charge in [0.15, 0.2) is 0 Å². The van der Waals surface area contributed by atoms with E-state index in [-0.39, 0.29) is 24.3 Å². The fourth-order valence-electron chi connectivity index (χ4n) is 3.59. The number of methoxy groups -OCH3 is 1. The van der Waals surface area contributed by atoms with Crippen LogP contribution in [0, 0.1) is 13.8 Å². The highest BCUT2D eigenvalue weighted by molar-refractivity contribution is 6.40. The number of hydrogen-bond donors (Lipinski definition) is 1. The Balaban J connectivity index is 1.76. The number of hydrogen-bond acceptors (Lipinski definition) is 5. The zero-order chi connectivity index (χ0) is 22.5. The lowest BCUT2D eigenvalue weighted by Gasteiger charge is -2.27. The summed E-state index contributed by atoms with van der Waals surface area (Å²) in [6.07, 6.45) is 0.588. The molecule has 0 aromatic heterocycles. The number of nitrogens with zero attached hydrogens (tertiary/aromatic N) is 3. The molecule has 164 valence electrons. The third kappa shape index (κ3) is 5.30. The largest absolute Gasteiger partial charge is 0.497 e. The second-order valence-electron chi connectivity index (χ2n) is 8.01. The van der Waals surface area contributed by atoms with E-state index in [4.69, 9.17) is 4.74 Å². The monoisotopic (exact) mass is 422 g/mol. The molecule has 7 heteroatoms. The normalized spacial score (nSPS) is 15.0. The number of rotatable bonds is 7. The molecular formula is C24H30N4O3. The highest BCUT2D eigenvalue weighted by Gasteiger charge is 2.27. The van der Waals surface area contributed by atoms with Crippen molar-refractivity contribution >= 4 is 23.2 Å². The summed E-state index contributed by atoms with van der Waals surface area (Å²) < 4.78 is 5.32. The van der Waals surface area contributed by atoms with Gasteiger partial charge in [-0.15, -0.1) is 0 Å². The molecule has 3 rings (SSSR count). The smallest absolute Gasteiger partial charge is 0.267 e. The number of hydrazone groups is 1. The molecule has 0 fully saturated rings. The third-order valence-corrected chi connectivity index (χ3v) is 5.45. The van der Waals surface area contributed by atoms with Gasteiger partial charge in [-0.05, 0) is 62.8 Å². The van der Waals surface area contributed by atoms with Crippen molar-refractivity contribution in [2.45, 2.75) is 32.7 Å². The number of likely N-dealkylation sites (N-methyl/N-ethyl adjacent to an activating group) is 1. The van der Waals surface area contributed by atoms with Gasteiger partial charge in [-0.3, -0.25) is 9.59 Å². The van der Waals surface area contributed by atoms with Gasteiger partial charge in [0.05, 0.1) is 18.8 Å². The van der Waals surface area contributed by atoms with Gasteiger partial charge >= 0.3 is 0 Å². The first-order chi connectivity index (χ1) is 14.8. The van der Waals surface area contributed by atoms with Crippen LogP contribution >= 0.6 is 0 Å². The van der Waals surface area contributed by atoms with E-state index in [1.54, 1.807) is 7.11 Å². The number of aryl methyl sites for hydroxylation is 2. The molecule has 2 aromatic rings. The number of ether oxygens (including phenoxy) is 1. The van der Waals surface area contributed by atoms with Crippen molar-refractivity contribution in [3.05, 3.63) is 59.2 Å². The molecule has 2 aromatic carbocycles. The Bertz CT molecular complexity index is 1000. The van der Waals surface area contributed by atoms with Crippen LogP contribution in [0.3, 0.4) is 0 Å². The first kappa shape index (κ1) is 22.5. The molecule has 1 unspecified atom stereocenters. The van der Waals surface area contributed by atoms with Crippen molar-refractivity contribution in [2.24, 2.45) is 5.10 Å². The zero-order valence-electron chi connectivity index (χ0n) is 18.8. The number of carbonyl (C=O) groups is 2. The minimum absolute atomic E-state index is 0.0278. The van der Waals surface area contributed by atoms with Crippen LogP contribution in [-0.4, -0.2) is 50.2 Å². The first-order valence-electron chi connectivity index (χ1n) is 10.4. The van der Waals surface area contributed by atoms with Gasteiger partial charge in [-0.2, -0.15) is 5.10 Å². The predicted octanol–water partition coefficient (Wildman–Crippen LogP) is 3.21. The number of carbonyl (C=O) groups excluding carboxylic acids is 2. The maximum atomic E-state index is 12.9. The van der Waals surface area contributed by atoms with Crippen LogP contribution in [-0.2, 0) is 9.59 Å². The summed E-state index contributed by atoms with van der Waals surface area (Å²) in [5.74, 6) is 0.417. The summed E-state index contributed by atoms with van der Waals surface area (Å²) in [7, 11) is 5.57. The van der Waals surface area contributed by atoms with E-state index in [2.05, 4.69) is 10.4 Å². The Kier molecular flexibility index (Phi) is 7.07. The van der Waals surface area contributed by atoms with Crippen molar-refractivity contribution in [3.63, 3.8) is 0 Å². The van der Waals surface area contributed by atoms with E-state index in [1.165, 1.54) is 5.01 Å². The summed E-state index contributed by atoms with van der Waals surface area (Å²) >= 11 is 0. The van der Waals surface area contributed by atoms with E-state index >= 15 is 0 Å². The van der Waals surface area contributed by atoms with Crippen molar-refractivity contribution in [3.8, 4) is 5.75 Å². The van der Waals surface area contributed by atoms with Gasteiger partial charge in [0, 0.05) is 19.4 Å². The van der Waals surface area contributed by atoms with E-state index < -0.39 is 0 Å². The van der Waals surface area contributed by atoms with Gasteiger partial charge in [-0.1, -0.05) is 24.3 Å². The van der Waals surface area contributed by atoms with Crippen LogP contribution < -0.4 is 15.1 Å². The summed E-state index contributed by atoms with van der Waals surface area (Å²) in [5, 5.41) is 8.77. The molecule has 0 radical (unpaired) electrons. The molecule has 1 atom stereocenters. The Morgan fingerprint density at radius 2 is 1.97 bits per heavy atom. The lowest BCUT2D eigenvalue weighted by Crippen LogP contribution is -2.42. The summed E-state index contributed by atoms with van der Waals surface area (Å²) in [4.78, 5) is 27.4. The standard InChI is InChI=1S/C24H30N4O3/c1-16-9-10-17(2)21(13-16)28-23(29)12-11-20(26-28)24(30)25-15-22(27(3)4)18-7-6-8-19(14-18)31-5/h6-10,13-14,22H,11-12,15H2,1-5H3,(H,25,30). The van der Waals surface area contributed by atoms with Gasteiger partial charge in [0.1, 0.15) is 11.5 Å². The Morgan fingerprint density at radius 3 is 2.68 bits per heavy atom. The molecule has 7 nitrogen and oxygen atoms in total. The molecule has 1 aliphatic rings. The first-order valence-corrected chi connectivity index (χ1v) is 10.4. The van der Waals surface area contributed by atoms with Crippen LogP contribution in [0.5, 0.6) is 5.75 Å². The molecule has 0 aliphatic carbocycles. The Morgan fingerprint density at radius 1 is 1.19 bits per heavy atom. The summed E-state index contributed by atoms with van der Waals surface area (Å²) in [6.45, 7) is 4.31. The summed E-state index contributed by atoms with van der Waals surface area (Å²) in [5.41, 5.74) is 4.10.